The maximum Gasteiger partial charge on any atom is 3.00 e. The molecule has 0 aromatic heterocycles. The van der Waals surface area contributed by atoms with Crippen LogP contribution in [0.1, 0.15) is 0 Å². The number of phosphoric acid groups is 1. The first kappa shape index (κ1) is 50.8. The van der Waals surface area contributed by atoms with Crippen LogP contribution in [0.3, 0.4) is 0 Å². The molecule has 0 saturated carbocycles. The van der Waals surface area contributed by atoms with Gasteiger partial charge in [0.05, 0.1) is 15.3 Å². The number of rotatable bonds is 0. The molecule has 0 aliphatic carbocycles. The van der Waals surface area contributed by atoms with E-state index < -0.39 is 23.1 Å². The Hall–Kier alpha value is -1.88. The van der Waals surface area contributed by atoms with E-state index in [1.165, 1.54) is 0 Å². The molecule has 0 aromatic rings. The summed E-state index contributed by atoms with van der Waals surface area (Å²) in [6, 6.07) is 0. The maximum atomic E-state index is 8.88. The largest absolute Gasteiger partial charge is 3.00 e. The van der Waals surface area contributed by atoms with Crippen LogP contribution < -0.4 is 18.5 Å². The number of hydrogen-bond donors (Lipinski definition) is 6. The van der Waals surface area contributed by atoms with Crippen LogP contribution in [0, 0.1) is 46.0 Å². The topological polar surface area (TPSA) is 381 Å². The fourth-order valence-electron chi connectivity index (χ4n) is 0. The molecule has 128 valence electrons. The van der Waals surface area contributed by atoms with E-state index in [-0.39, 0.29) is 35.8 Å². The van der Waals surface area contributed by atoms with Crippen molar-refractivity contribution in [2.75, 3.05) is 0 Å². The van der Waals surface area contributed by atoms with E-state index in [1.807, 2.05) is 0 Å². The van der Waals surface area contributed by atoms with Crippen LogP contribution in [0.25, 0.3) is 0 Å². The van der Waals surface area contributed by atoms with Gasteiger partial charge >= 0.3 is 25.2 Å². The molecule has 0 rings (SSSR count). The molecule has 0 aliphatic rings. The van der Waals surface area contributed by atoms with Crippen molar-refractivity contribution in [3.63, 3.8) is 0 Å². The molecular formula is H12AlN6O13P. The molecule has 0 aromatic carbocycles. The van der Waals surface area contributed by atoms with Gasteiger partial charge in [-0.15, -0.1) is 0 Å². The van der Waals surface area contributed by atoms with Crippen LogP contribution in [-0.2, 0) is 4.57 Å². The average Bonchev–Trinajstić information content (AvgIpc) is 1.73. The molecule has 0 saturated heterocycles. The Morgan fingerprint density at radius 1 is 0.619 bits per heavy atom. The van der Waals surface area contributed by atoms with Gasteiger partial charge in [0.1, 0.15) is 0 Å². The molecule has 0 heterocycles. The summed E-state index contributed by atoms with van der Waals surface area (Å²) < 4.78 is 8.88. The Labute approximate surface area is 125 Å². The van der Waals surface area contributed by atoms with Gasteiger partial charge in [-0.1, -0.05) is 0 Å². The van der Waals surface area contributed by atoms with Crippen molar-refractivity contribution in [3.8, 4) is 0 Å². The first-order valence-corrected chi connectivity index (χ1v) is 3.99. The van der Waals surface area contributed by atoms with Crippen LogP contribution in [0.15, 0.2) is 0 Å². The normalized spacial score (nSPS) is 6.24. The quantitative estimate of drug-likeness (QED) is 0.123. The van der Waals surface area contributed by atoms with E-state index >= 15 is 0 Å². The Morgan fingerprint density at radius 2 is 0.619 bits per heavy atom. The van der Waals surface area contributed by atoms with Crippen molar-refractivity contribution in [1.82, 2.24) is 18.5 Å². The summed E-state index contributed by atoms with van der Waals surface area (Å²) in [6.07, 6.45) is 0. The zero-order valence-electron chi connectivity index (χ0n) is 9.91. The van der Waals surface area contributed by atoms with Crippen molar-refractivity contribution in [2.45, 2.75) is 0 Å². The molecule has 0 atom stereocenters. The van der Waals surface area contributed by atoms with Gasteiger partial charge in [0.15, 0.2) is 0 Å². The predicted octanol–water partition coefficient (Wildman–Crippen LogP) is -1.54. The second-order valence-corrected chi connectivity index (χ2v) is 2.21. The summed E-state index contributed by atoms with van der Waals surface area (Å²) in [5.74, 6) is 0. The smallest absolute Gasteiger partial charge is 0.356 e. The molecule has 21 heteroatoms. The van der Waals surface area contributed by atoms with Crippen LogP contribution >= 0.6 is 7.82 Å². The van der Waals surface area contributed by atoms with Gasteiger partial charge in [-0.05, 0) is 0 Å². The molecule has 0 spiro atoms. The summed E-state index contributed by atoms with van der Waals surface area (Å²) in [5, 5.41) is 44.2. The molecule has 19 nitrogen and oxygen atoms in total. The minimum absolute atomic E-state index is 0. The SMILES string of the molecule is N.N.N.O=P(O)(O)O.O=[N+]([O-])[O-].O=[N+]([O-])[O-].O=[N+]([O-])[O-].[Al+3]. The number of nitrogens with zero attached hydrogens (tertiary/aromatic N) is 3. The molecule has 0 radical (unpaired) electrons. The van der Waals surface area contributed by atoms with Gasteiger partial charge < -0.3 is 79.1 Å². The molecule has 0 unspecified atom stereocenters. The van der Waals surface area contributed by atoms with E-state index in [0.29, 0.717) is 0 Å². The van der Waals surface area contributed by atoms with E-state index in [1.54, 1.807) is 0 Å². The molecule has 0 amide bonds. The Kier molecular flexibility index (Phi) is 74.6. The summed E-state index contributed by atoms with van der Waals surface area (Å²) in [5.41, 5.74) is 0. The van der Waals surface area contributed by atoms with Crippen molar-refractivity contribution in [2.24, 2.45) is 0 Å². The third-order valence-corrected chi connectivity index (χ3v) is 0. The van der Waals surface area contributed by atoms with E-state index in [2.05, 4.69) is 0 Å². The van der Waals surface area contributed by atoms with Crippen molar-refractivity contribution in [1.29, 1.82) is 0 Å². The minimum atomic E-state index is -4.64. The van der Waals surface area contributed by atoms with Crippen molar-refractivity contribution < 1.29 is 34.5 Å². The Balaban J connectivity index is -0.0000000169. The summed E-state index contributed by atoms with van der Waals surface area (Å²) in [4.78, 5) is 46.3. The fourth-order valence-corrected chi connectivity index (χ4v) is 0. The van der Waals surface area contributed by atoms with Crippen molar-refractivity contribution >= 4 is 25.2 Å². The van der Waals surface area contributed by atoms with Crippen LogP contribution in [0.4, 0.5) is 0 Å². The van der Waals surface area contributed by atoms with E-state index in [9.17, 15) is 0 Å². The average molecular weight is 362 g/mol. The number of hydrogen-bond acceptors (Lipinski definition) is 13. The third kappa shape index (κ3) is 1340. The van der Waals surface area contributed by atoms with Crippen LogP contribution in [0.2, 0.25) is 0 Å². The van der Waals surface area contributed by atoms with Gasteiger partial charge in [0.2, 0.25) is 0 Å². The van der Waals surface area contributed by atoms with Gasteiger partial charge in [-0.3, -0.25) is 0 Å². The van der Waals surface area contributed by atoms with E-state index in [0.717, 1.165) is 0 Å². The van der Waals surface area contributed by atoms with Gasteiger partial charge in [-0.25, -0.2) is 4.57 Å². The van der Waals surface area contributed by atoms with Crippen LogP contribution in [0.5, 0.6) is 0 Å². The zero-order valence-corrected chi connectivity index (χ0v) is 12.0. The molecular weight excluding hydrogens is 350 g/mol. The standard InChI is InChI=1S/Al.3NO3.3H3N.H3O4P/c;3*2-1(3)4;;;;1-5(2,3)4/h;;;;3*1H3;(H3,1,2,3,4)/q+3;3*-1;;;;. The Bertz CT molecular complexity index is 225. The van der Waals surface area contributed by atoms with E-state index in [4.69, 9.17) is 65.2 Å². The summed E-state index contributed by atoms with van der Waals surface area (Å²) in [7, 11) is -4.64. The predicted molar refractivity (Wildman–Crippen MR) is 66.2 cm³/mol. The summed E-state index contributed by atoms with van der Waals surface area (Å²) in [6.45, 7) is 0. The van der Waals surface area contributed by atoms with Gasteiger partial charge in [-0.2, -0.15) is 0 Å². The van der Waals surface area contributed by atoms with Crippen LogP contribution in [-0.4, -0.2) is 47.3 Å². The molecule has 21 heavy (non-hydrogen) atoms. The third-order valence-electron chi connectivity index (χ3n) is 0. The molecule has 0 aliphatic heterocycles. The monoisotopic (exact) mass is 362 g/mol. The van der Waals surface area contributed by atoms with Gasteiger partial charge in [0.25, 0.3) is 0 Å². The molecule has 0 fully saturated rings. The Morgan fingerprint density at radius 3 is 0.619 bits per heavy atom. The second kappa shape index (κ2) is 30.9. The maximum absolute atomic E-state index is 8.88. The summed E-state index contributed by atoms with van der Waals surface area (Å²) >= 11 is 0. The first-order valence-electron chi connectivity index (χ1n) is 2.43. The fraction of sp³-hybridized carbons (Fsp3) is 0. The molecule has 0 bridgehead atoms. The van der Waals surface area contributed by atoms with Crippen molar-refractivity contribution in [3.05, 3.63) is 46.0 Å². The zero-order chi connectivity index (χ0) is 15.2. The second-order valence-electron chi connectivity index (χ2n) is 1.18. The first-order chi connectivity index (χ1) is 7.20. The molecule has 12 N–H and O–H groups in total. The minimum Gasteiger partial charge on any atom is -0.356 e. The van der Waals surface area contributed by atoms with Gasteiger partial charge in [0, 0.05) is 0 Å².